The molecule has 43 heavy (non-hydrogen) atoms. The van der Waals surface area contributed by atoms with Gasteiger partial charge >= 0.3 is 11.9 Å². The molecule has 2 unspecified atom stereocenters. The predicted molar refractivity (Wildman–Crippen MR) is 162 cm³/mol. The Labute approximate surface area is 253 Å². The highest BCUT2D eigenvalue weighted by Crippen LogP contribution is 2.39. The van der Waals surface area contributed by atoms with Gasteiger partial charge in [0.25, 0.3) is 0 Å². The molecule has 4 atom stereocenters. The topological polar surface area (TPSA) is 161 Å². The zero-order valence-electron chi connectivity index (χ0n) is 25.8. The van der Waals surface area contributed by atoms with Crippen molar-refractivity contribution in [2.75, 3.05) is 0 Å². The van der Waals surface area contributed by atoms with Crippen molar-refractivity contribution in [3.63, 3.8) is 0 Å². The molecule has 10 heteroatoms. The van der Waals surface area contributed by atoms with Crippen molar-refractivity contribution in [3.8, 4) is 0 Å². The number of aromatic nitrogens is 1. The molecule has 3 aliphatic rings. The van der Waals surface area contributed by atoms with E-state index in [4.69, 9.17) is 0 Å². The molecular formula is C33H43N4O6-3. The van der Waals surface area contributed by atoms with Crippen LogP contribution in [0.25, 0.3) is 0 Å². The molecule has 0 aliphatic carbocycles. The summed E-state index contributed by atoms with van der Waals surface area (Å²) in [7, 11) is 0. The minimum Gasteiger partial charge on any atom is -0.481 e. The van der Waals surface area contributed by atoms with E-state index in [2.05, 4.69) is 27.9 Å². The van der Waals surface area contributed by atoms with E-state index in [9.17, 15) is 29.4 Å². The molecule has 10 nitrogen and oxygen atoms in total. The van der Waals surface area contributed by atoms with Crippen LogP contribution in [0.2, 0.25) is 0 Å². The van der Waals surface area contributed by atoms with Crippen LogP contribution in [0.4, 0.5) is 0 Å². The molecule has 1 saturated heterocycles. The van der Waals surface area contributed by atoms with Gasteiger partial charge in [-0.05, 0) is 19.3 Å². The smallest absolute Gasteiger partial charge is 0.302 e. The van der Waals surface area contributed by atoms with Crippen molar-refractivity contribution < 1.29 is 29.4 Å². The Morgan fingerprint density at radius 2 is 1.70 bits per heavy atom. The number of rotatable bonds is 13. The van der Waals surface area contributed by atoms with Gasteiger partial charge in [0.1, 0.15) is 0 Å². The van der Waals surface area contributed by atoms with Crippen LogP contribution >= 0.6 is 0 Å². The molecular weight excluding hydrogens is 548 g/mol. The van der Waals surface area contributed by atoms with Gasteiger partial charge in [-0.3, -0.25) is 19.2 Å². The Kier molecular flexibility index (Phi) is 9.57. The first kappa shape index (κ1) is 31.7. The largest absolute Gasteiger partial charge is 0.481 e. The number of amides is 2. The highest BCUT2D eigenvalue weighted by Gasteiger charge is 2.35. The molecule has 0 radical (unpaired) electrons. The first-order valence-corrected chi connectivity index (χ1v) is 15.1. The van der Waals surface area contributed by atoms with Crippen molar-refractivity contribution in [3.05, 3.63) is 75.5 Å². The Morgan fingerprint density at radius 1 is 1.02 bits per heavy atom. The summed E-state index contributed by atoms with van der Waals surface area (Å²) in [5.74, 6) is -0.876. The van der Waals surface area contributed by atoms with E-state index in [1.54, 1.807) is 0 Å². The summed E-state index contributed by atoms with van der Waals surface area (Å²) in [4.78, 5) is 51.3. The van der Waals surface area contributed by atoms with Crippen LogP contribution in [0.1, 0.15) is 89.2 Å². The second kappa shape index (κ2) is 13.0. The fourth-order valence-corrected chi connectivity index (χ4v) is 6.53. The summed E-state index contributed by atoms with van der Waals surface area (Å²) in [5.41, 5.74) is 7.43. The second-order valence-electron chi connectivity index (χ2n) is 11.7. The van der Waals surface area contributed by atoms with Crippen LogP contribution in [-0.2, 0) is 25.6 Å². The second-order valence-corrected chi connectivity index (χ2v) is 11.7. The molecule has 3 aliphatic heterocycles. The number of carboxylic acids is 2. The summed E-state index contributed by atoms with van der Waals surface area (Å²) < 4.78 is 0. The molecule has 0 saturated carbocycles. The van der Waals surface area contributed by atoms with Gasteiger partial charge in [-0.1, -0.05) is 63.9 Å². The average Bonchev–Trinajstić information content (AvgIpc) is 3.59. The maximum atomic E-state index is 12.4. The minimum atomic E-state index is -0.903. The van der Waals surface area contributed by atoms with Crippen molar-refractivity contribution in [2.24, 2.45) is 11.8 Å². The SMILES string of the molecule is CCC1=C(C)C([CH-]c2[nH]c([CH-]C3=C(CCC(=O)O)[C-](C)/C(=C\C4NC(=O)[C@H](C)[C@H]4CC)N3)c(CCC(=O)O)c2C)NC1=O. The standard InChI is InChI=1S/C33H43N4O6/c1-7-20-19(6)32(42)37-27(20)14-25-18(5)23(10-12-31(40)41)29(35-25)15-28-22(9-11-30(38)39)17(4)24(34-28)13-26-16(3)21(8-2)33(43)36-26/h13-15,19-20,26-27,34-35H,7-12H2,1-6H3,(H,36,43)(H,37,42)(H,38,39)(H,40,41)/q-3/b25-14+/t19-,20-,26?,27?/m1/s1. The molecule has 0 aromatic carbocycles. The van der Waals surface area contributed by atoms with Gasteiger partial charge in [0.05, 0.1) is 0 Å². The minimum absolute atomic E-state index is 0.0264. The lowest BCUT2D eigenvalue weighted by Gasteiger charge is -2.26. The van der Waals surface area contributed by atoms with E-state index < -0.39 is 11.9 Å². The maximum absolute atomic E-state index is 12.4. The van der Waals surface area contributed by atoms with Gasteiger partial charge in [0.2, 0.25) is 11.8 Å². The fraction of sp³-hybridized carbons (Fsp3) is 0.485. The number of H-pyrrole nitrogens is 1. The van der Waals surface area contributed by atoms with E-state index in [1.165, 1.54) is 0 Å². The number of carbonyl (C=O) groups excluding carboxylic acids is 2. The molecule has 0 bridgehead atoms. The Morgan fingerprint density at radius 3 is 2.30 bits per heavy atom. The summed E-state index contributed by atoms with van der Waals surface area (Å²) in [6.45, 7) is 11.8. The molecule has 4 rings (SSSR count). The molecule has 4 heterocycles. The van der Waals surface area contributed by atoms with Gasteiger partial charge in [-0.15, -0.1) is 18.7 Å². The van der Waals surface area contributed by atoms with E-state index in [-0.39, 0.29) is 48.6 Å². The fourth-order valence-electron chi connectivity index (χ4n) is 6.53. The molecule has 234 valence electrons. The van der Waals surface area contributed by atoms with E-state index in [1.807, 2.05) is 53.5 Å². The van der Waals surface area contributed by atoms with E-state index in [0.29, 0.717) is 19.3 Å². The number of carboxylic acid groups (broad SMARTS) is 2. The zero-order chi connectivity index (χ0) is 31.6. The molecule has 1 aromatic rings. The zero-order valence-corrected chi connectivity index (χ0v) is 25.8. The lowest BCUT2D eigenvalue weighted by molar-refractivity contribution is -0.138. The highest BCUT2D eigenvalue weighted by atomic mass is 16.4. The first-order chi connectivity index (χ1) is 20.4. The molecule has 0 spiro atoms. The van der Waals surface area contributed by atoms with E-state index >= 15 is 0 Å². The van der Waals surface area contributed by atoms with Gasteiger partial charge in [0, 0.05) is 36.4 Å². The summed E-state index contributed by atoms with van der Waals surface area (Å²) in [6.07, 6.45) is 7.91. The molecule has 1 aromatic heterocycles. The summed E-state index contributed by atoms with van der Waals surface area (Å²) >= 11 is 0. The third kappa shape index (κ3) is 6.58. The third-order valence-electron chi connectivity index (χ3n) is 9.20. The van der Waals surface area contributed by atoms with Crippen molar-refractivity contribution in [2.45, 2.75) is 92.2 Å². The monoisotopic (exact) mass is 591 g/mol. The maximum Gasteiger partial charge on any atom is 0.302 e. The van der Waals surface area contributed by atoms with Crippen LogP contribution in [0.5, 0.6) is 0 Å². The van der Waals surface area contributed by atoms with Crippen LogP contribution in [-0.4, -0.2) is 51.0 Å². The van der Waals surface area contributed by atoms with Crippen LogP contribution in [0.15, 0.2) is 34.2 Å². The van der Waals surface area contributed by atoms with Gasteiger partial charge in [0.15, 0.2) is 0 Å². The van der Waals surface area contributed by atoms with Gasteiger partial charge in [-0.25, -0.2) is 11.1 Å². The van der Waals surface area contributed by atoms with Crippen LogP contribution < -0.4 is 16.0 Å². The van der Waals surface area contributed by atoms with Crippen LogP contribution in [0.3, 0.4) is 0 Å². The quantitative estimate of drug-likeness (QED) is 0.189. The number of carbonyl (C=O) groups is 4. The summed E-state index contributed by atoms with van der Waals surface area (Å²) in [6, 6.07) is -0.411. The average molecular weight is 592 g/mol. The number of aliphatic carboxylic acids is 2. The Hall–Kier alpha value is -4.21. The van der Waals surface area contributed by atoms with Crippen molar-refractivity contribution >= 4 is 23.8 Å². The first-order valence-electron chi connectivity index (χ1n) is 15.1. The van der Waals surface area contributed by atoms with Crippen molar-refractivity contribution in [1.29, 1.82) is 0 Å². The Bertz CT molecular complexity index is 1400. The normalized spacial score (nSPS) is 24.5. The molecule has 6 N–H and O–H groups in total. The number of allylic oxidation sites excluding steroid dienone is 2. The predicted octanol–water partition coefficient (Wildman–Crippen LogP) is 4.03. The van der Waals surface area contributed by atoms with Gasteiger partial charge in [-0.2, -0.15) is 30.0 Å². The lowest BCUT2D eigenvalue weighted by atomic mass is 9.87. The van der Waals surface area contributed by atoms with Crippen molar-refractivity contribution in [1.82, 2.24) is 20.9 Å². The summed E-state index contributed by atoms with van der Waals surface area (Å²) in [5, 5.41) is 28.5. The van der Waals surface area contributed by atoms with E-state index in [0.717, 1.165) is 63.0 Å². The molecule has 1 fully saturated rings. The Balaban J connectivity index is 1.67. The number of aromatic amines is 1. The number of nitrogens with one attached hydrogen (secondary N) is 4. The molecule has 2 amide bonds. The number of hydrogen-bond acceptors (Lipinski definition) is 5. The van der Waals surface area contributed by atoms with Crippen LogP contribution in [0, 0.1) is 37.5 Å². The lowest BCUT2D eigenvalue weighted by Crippen LogP contribution is -2.29. The number of hydrogen-bond donors (Lipinski definition) is 6. The highest BCUT2D eigenvalue weighted by molar-refractivity contribution is 5.97. The van der Waals surface area contributed by atoms with Gasteiger partial charge < -0.3 is 31.1 Å². The third-order valence-corrected chi connectivity index (χ3v) is 9.20.